The Kier molecular flexibility index (Phi) is 4.92. The van der Waals surface area contributed by atoms with E-state index in [1.165, 1.54) is 0 Å². The van der Waals surface area contributed by atoms with Gasteiger partial charge in [-0.3, -0.25) is 19.6 Å². The standard InChI is InChI=1S/C20H20N6O2/c1-13-3-2-4-14(23-13)5-6-18(27)26-10-7-16-15(12-26)20(28)25-19(24-16)17-11-21-8-9-22-17/h2-4,8-9,11H,5-7,10,12H2,1H3,(H,24,25,28). The third-order valence-corrected chi connectivity index (χ3v) is 4.77. The van der Waals surface area contributed by atoms with Crippen LogP contribution in [0.3, 0.4) is 0 Å². The van der Waals surface area contributed by atoms with Crippen molar-refractivity contribution >= 4 is 5.91 Å². The molecule has 0 aromatic carbocycles. The van der Waals surface area contributed by atoms with Crippen molar-refractivity contribution in [3.8, 4) is 11.5 Å². The van der Waals surface area contributed by atoms with Crippen LogP contribution in [-0.2, 0) is 24.2 Å². The molecule has 28 heavy (non-hydrogen) atoms. The normalized spacial score (nSPS) is 13.2. The van der Waals surface area contributed by atoms with Gasteiger partial charge in [0.25, 0.3) is 5.56 Å². The molecule has 0 unspecified atom stereocenters. The van der Waals surface area contributed by atoms with E-state index >= 15 is 0 Å². The maximum Gasteiger partial charge on any atom is 0.256 e. The van der Waals surface area contributed by atoms with Crippen molar-refractivity contribution in [2.45, 2.75) is 32.7 Å². The number of amides is 1. The predicted molar refractivity (Wildman–Crippen MR) is 102 cm³/mol. The molecule has 142 valence electrons. The second-order valence-corrected chi connectivity index (χ2v) is 6.77. The average molecular weight is 376 g/mol. The van der Waals surface area contributed by atoms with E-state index in [0.717, 1.165) is 11.4 Å². The first-order chi connectivity index (χ1) is 13.6. The number of H-pyrrole nitrogens is 1. The summed E-state index contributed by atoms with van der Waals surface area (Å²) in [5.41, 5.74) is 3.39. The van der Waals surface area contributed by atoms with Crippen LogP contribution in [0.25, 0.3) is 11.5 Å². The molecule has 0 saturated heterocycles. The Bertz CT molecular complexity index is 1060. The van der Waals surface area contributed by atoms with Crippen LogP contribution in [0.4, 0.5) is 0 Å². The zero-order valence-electron chi connectivity index (χ0n) is 15.6. The zero-order chi connectivity index (χ0) is 19.5. The van der Waals surface area contributed by atoms with Crippen molar-refractivity contribution in [1.29, 1.82) is 0 Å². The lowest BCUT2D eigenvalue weighted by Crippen LogP contribution is -2.39. The molecule has 8 nitrogen and oxygen atoms in total. The highest BCUT2D eigenvalue weighted by Crippen LogP contribution is 2.18. The van der Waals surface area contributed by atoms with Gasteiger partial charge in [0.05, 0.1) is 24.0 Å². The van der Waals surface area contributed by atoms with E-state index in [1.807, 2.05) is 25.1 Å². The molecule has 0 atom stereocenters. The second kappa shape index (κ2) is 7.67. The smallest absolute Gasteiger partial charge is 0.256 e. The minimum atomic E-state index is -0.233. The number of aryl methyl sites for hydroxylation is 2. The summed E-state index contributed by atoms with van der Waals surface area (Å²) < 4.78 is 0. The van der Waals surface area contributed by atoms with Gasteiger partial charge in [-0.05, 0) is 25.5 Å². The van der Waals surface area contributed by atoms with Gasteiger partial charge in [0.1, 0.15) is 5.69 Å². The van der Waals surface area contributed by atoms with Crippen LogP contribution < -0.4 is 5.56 Å². The first kappa shape index (κ1) is 18.0. The van der Waals surface area contributed by atoms with Crippen LogP contribution in [0.5, 0.6) is 0 Å². The number of carbonyl (C=O) groups is 1. The minimum Gasteiger partial charge on any atom is -0.338 e. The molecular formula is C20H20N6O2. The Morgan fingerprint density at radius 3 is 2.93 bits per heavy atom. The monoisotopic (exact) mass is 376 g/mol. The highest BCUT2D eigenvalue weighted by atomic mass is 16.2. The number of aromatic nitrogens is 5. The van der Waals surface area contributed by atoms with Crippen molar-refractivity contribution in [2.24, 2.45) is 0 Å². The summed E-state index contributed by atoms with van der Waals surface area (Å²) in [5.74, 6) is 0.425. The van der Waals surface area contributed by atoms with Gasteiger partial charge >= 0.3 is 0 Å². The van der Waals surface area contributed by atoms with Gasteiger partial charge in [0, 0.05) is 43.2 Å². The fourth-order valence-corrected chi connectivity index (χ4v) is 3.31. The number of nitrogens with zero attached hydrogens (tertiary/aromatic N) is 5. The largest absolute Gasteiger partial charge is 0.338 e. The minimum absolute atomic E-state index is 0.0198. The maximum absolute atomic E-state index is 12.6. The molecule has 3 aromatic heterocycles. The van der Waals surface area contributed by atoms with E-state index in [2.05, 4.69) is 24.9 Å². The summed E-state index contributed by atoms with van der Waals surface area (Å²) >= 11 is 0. The maximum atomic E-state index is 12.6. The van der Waals surface area contributed by atoms with Gasteiger partial charge < -0.3 is 9.88 Å². The number of carbonyl (C=O) groups excluding carboxylic acids is 1. The summed E-state index contributed by atoms with van der Waals surface area (Å²) in [6.07, 6.45) is 6.18. The second-order valence-electron chi connectivity index (χ2n) is 6.77. The summed E-state index contributed by atoms with van der Waals surface area (Å²) in [6.45, 7) is 2.75. The molecule has 3 aromatic rings. The Morgan fingerprint density at radius 1 is 1.25 bits per heavy atom. The van der Waals surface area contributed by atoms with Crippen molar-refractivity contribution in [1.82, 2.24) is 29.8 Å². The van der Waals surface area contributed by atoms with Crippen LogP contribution in [0, 0.1) is 6.92 Å². The molecular weight excluding hydrogens is 356 g/mol. The number of aromatic amines is 1. The van der Waals surface area contributed by atoms with E-state index in [-0.39, 0.29) is 18.0 Å². The fourth-order valence-electron chi connectivity index (χ4n) is 3.31. The Labute approximate surface area is 161 Å². The molecule has 0 bridgehead atoms. The highest BCUT2D eigenvalue weighted by Gasteiger charge is 2.24. The number of fused-ring (bicyclic) bond motifs is 1. The van der Waals surface area contributed by atoms with E-state index in [4.69, 9.17) is 0 Å². The lowest BCUT2D eigenvalue weighted by Gasteiger charge is -2.28. The average Bonchev–Trinajstić information content (AvgIpc) is 2.72. The molecule has 1 amide bonds. The number of rotatable bonds is 4. The molecule has 4 rings (SSSR count). The summed E-state index contributed by atoms with van der Waals surface area (Å²) in [6, 6.07) is 5.80. The van der Waals surface area contributed by atoms with E-state index in [9.17, 15) is 9.59 Å². The molecule has 0 radical (unpaired) electrons. The molecule has 4 heterocycles. The number of nitrogens with one attached hydrogen (secondary N) is 1. The van der Waals surface area contributed by atoms with E-state index in [0.29, 0.717) is 48.6 Å². The topological polar surface area (TPSA) is 105 Å². The number of pyridine rings is 1. The van der Waals surface area contributed by atoms with Crippen molar-refractivity contribution in [3.63, 3.8) is 0 Å². The molecule has 0 spiro atoms. The van der Waals surface area contributed by atoms with Gasteiger partial charge in [-0.15, -0.1) is 0 Å². The molecule has 8 heteroatoms. The first-order valence-electron chi connectivity index (χ1n) is 9.19. The van der Waals surface area contributed by atoms with Crippen molar-refractivity contribution in [3.05, 3.63) is 69.8 Å². The summed E-state index contributed by atoms with van der Waals surface area (Å²) in [5, 5.41) is 0. The van der Waals surface area contributed by atoms with Crippen LogP contribution in [0.1, 0.15) is 29.1 Å². The van der Waals surface area contributed by atoms with Gasteiger partial charge in [0.2, 0.25) is 5.91 Å². The Morgan fingerprint density at radius 2 is 2.14 bits per heavy atom. The van der Waals surface area contributed by atoms with Gasteiger partial charge in [-0.2, -0.15) is 0 Å². The van der Waals surface area contributed by atoms with E-state index in [1.54, 1.807) is 23.5 Å². The molecule has 0 saturated carbocycles. The third-order valence-electron chi connectivity index (χ3n) is 4.77. The highest BCUT2D eigenvalue weighted by molar-refractivity contribution is 5.76. The SMILES string of the molecule is Cc1cccc(CCC(=O)N2CCc3nc(-c4cnccn4)[nH]c(=O)c3C2)n1. The number of hydrogen-bond acceptors (Lipinski definition) is 6. The lowest BCUT2D eigenvalue weighted by molar-refractivity contribution is -0.132. The van der Waals surface area contributed by atoms with E-state index < -0.39 is 0 Å². The zero-order valence-corrected chi connectivity index (χ0v) is 15.6. The molecule has 0 aliphatic carbocycles. The van der Waals surface area contributed by atoms with Crippen molar-refractivity contribution < 1.29 is 4.79 Å². The van der Waals surface area contributed by atoms with Gasteiger partial charge in [-0.25, -0.2) is 9.97 Å². The fraction of sp³-hybridized carbons (Fsp3) is 0.300. The Balaban J connectivity index is 1.47. The third kappa shape index (κ3) is 3.80. The molecule has 1 N–H and O–H groups in total. The van der Waals surface area contributed by atoms with Crippen LogP contribution in [0.2, 0.25) is 0 Å². The summed E-state index contributed by atoms with van der Waals surface area (Å²) in [7, 11) is 0. The summed E-state index contributed by atoms with van der Waals surface area (Å²) in [4.78, 5) is 46.8. The molecule has 0 fully saturated rings. The van der Waals surface area contributed by atoms with Gasteiger partial charge in [-0.1, -0.05) is 6.07 Å². The van der Waals surface area contributed by atoms with Crippen LogP contribution in [0.15, 0.2) is 41.6 Å². The predicted octanol–water partition coefficient (Wildman–Crippen LogP) is 1.45. The van der Waals surface area contributed by atoms with Crippen LogP contribution in [-0.4, -0.2) is 42.3 Å². The molecule has 1 aliphatic heterocycles. The van der Waals surface area contributed by atoms with Crippen molar-refractivity contribution in [2.75, 3.05) is 6.54 Å². The number of hydrogen-bond donors (Lipinski definition) is 1. The quantitative estimate of drug-likeness (QED) is 0.739. The first-order valence-corrected chi connectivity index (χ1v) is 9.19. The molecule has 1 aliphatic rings. The Hall–Kier alpha value is -3.42. The lowest BCUT2D eigenvalue weighted by atomic mass is 10.1. The van der Waals surface area contributed by atoms with Gasteiger partial charge in [0.15, 0.2) is 5.82 Å². The van der Waals surface area contributed by atoms with Crippen LogP contribution >= 0.6 is 0 Å².